The minimum atomic E-state index is -0.795. The molecule has 0 aliphatic heterocycles. The van der Waals surface area contributed by atoms with Crippen LogP contribution in [0.3, 0.4) is 0 Å². The third-order valence-corrected chi connectivity index (χ3v) is 3.24. The van der Waals surface area contributed by atoms with Crippen LogP contribution in [0, 0.1) is 6.92 Å². The first-order chi connectivity index (χ1) is 11.1. The van der Waals surface area contributed by atoms with Crippen LogP contribution in [0.4, 0.5) is 0 Å². The lowest BCUT2D eigenvalue weighted by molar-refractivity contribution is -0.155. The second-order valence-electron chi connectivity index (χ2n) is 6.63. The third kappa shape index (κ3) is 6.81. The number of aryl methyl sites for hydroxylation is 1. The highest BCUT2D eigenvalue weighted by atomic mass is 16.6. The second-order valence-corrected chi connectivity index (χ2v) is 6.63. The van der Waals surface area contributed by atoms with Gasteiger partial charge in [0.05, 0.1) is 0 Å². The highest BCUT2D eigenvalue weighted by molar-refractivity contribution is 5.97. The quantitative estimate of drug-likeness (QED) is 0.779. The number of esters is 1. The van der Waals surface area contributed by atoms with E-state index in [1.54, 1.807) is 32.9 Å². The molecule has 1 rings (SSSR count). The molecule has 0 spiro atoms. The number of likely N-dealkylation sites (N-methyl/N-ethyl adjacent to an activating group) is 1. The number of hydrogen-bond donors (Lipinski definition) is 2. The lowest BCUT2D eigenvalue weighted by Gasteiger charge is -2.21. The molecule has 6 nitrogen and oxygen atoms in total. The van der Waals surface area contributed by atoms with Crippen LogP contribution in [0.15, 0.2) is 24.3 Å². The Bertz CT molecular complexity index is 588. The molecule has 1 unspecified atom stereocenters. The highest BCUT2D eigenvalue weighted by Crippen LogP contribution is 2.11. The molecule has 0 aromatic heterocycles. The van der Waals surface area contributed by atoms with Gasteiger partial charge in [-0.2, -0.15) is 0 Å². The van der Waals surface area contributed by atoms with Gasteiger partial charge in [-0.05, 0) is 46.2 Å². The summed E-state index contributed by atoms with van der Waals surface area (Å²) in [7, 11) is 1.49. The Morgan fingerprint density at radius 2 is 1.71 bits per heavy atom. The van der Waals surface area contributed by atoms with E-state index in [-0.39, 0.29) is 24.7 Å². The number of carbonyl (C=O) groups is 3. The predicted molar refractivity (Wildman–Crippen MR) is 91.6 cm³/mol. The summed E-state index contributed by atoms with van der Waals surface area (Å²) >= 11 is 0. The number of ether oxygens (including phenoxy) is 1. The van der Waals surface area contributed by atoms with Gasteiger partial charge < -0.3 is 15.4 Å². The van der Waals surface area contributed by atoms with Crippen LogP contribution >= 0.6 is 0 Å². The van der Waals surface area contributed by atoms with E-state index in [2.05, 4.69) is 10.6 Å². The molecule has 24 heavy (non-hydrogen) atoms. The summed E-state index contributed by atoms with van der Waals surface area (Å²) in [4.78, 5) is 36.0. The van der Waals surface area contributed by atoms with E-state index in [9.17, 15) is 14.4 Å². The number of benzene rings is 1. The first-order valence-corrected chi connectivity index (χ1v) is 7.93. The van der Waals surface area contributed by atoms with Crippen molar-refractivity contribution in [3.63, 3.8) is 0 Å². The largest absolute Gasteiger partial charge is 0.460 e. The molecule has 0 aliphatic carbocycles. The van der Waals surface area contributed by atoms with E-state index < -0.39 is 17.6 Å². The summed E-state index contributed by atoms with van der Waals surface area (Å²) < 4.78 is 5.22. The van der Waals surface area contributed by atoms with Crippen molar-refractivity contribution in [3.05, 3.63) is 35.4 Å². The standard InChI is InChI=1S/C18H26N2O4/c1-12-6-8-13(9-7-12)16(22)20-14(17(23)19-5)10-11-15(21)24-18(2,3)4/h6-9,14H,10-11H2,1-5H3,(H,19,23)(H,20,22). The van der Waals surface area contributed by atoms with Crippen molar-refractivity contribution >= 4 is 17.8 Å². The molecular formula is C18H26N2O4. The summed E-state index contributed by atoms with van der Waals surface area (Å²) in [6, 6.07) is 6.24. The van der Waals surface area contributed by atoms with Gasteiger partial charge in [0.2, 0.25) is 5.91 Å². The van der Waals surface area contributed by atoms with Gasteiger partial charge in [-0.3, -0.25) is 14.4 Å². The summed E-state index contributed by atoms with van der Waals surface area (Å²) in [5.41, 5.74) is 0.927. The molecule has 0 aliphatic rings. The maximum atomic E-state index is 12.3. The Morgan fingerprint density at radius 3 is 2.21 bits per heavy atom. The minimum Gasteiger partial charge on any atom is -0.460 e. The minimum absolute atomic E-state index is 0.0452. The molecule has 2 N–H and O–H groups in total. The average molecular weight is 334 g/mol. The van der Waals surface area contributed by atoms with Crippen LogP contribution in [-0.4, -0.2) is 36.5 Å². The topological polar surface area (TPSA) is 84.5 Å². The fraction of sp³-hybridized carbons (Fsp3) is 0.500. The molecule has 1 aromatic rings. The normalized spacial score (nSPS) is 12.2. The molecule has 0 bridgehead atoms. The van der Waals surface area contributed by atoms with Crippen LogP contribution in [0.25, 0.3) is 0 Å². The van der Waals surface area contributed by atoms with E-state index in [0.717, 1.165) is 5.56 Å². The first-order valence-electron chi connectivity index (χ1n) is 7.93. The molecule has 132 valence electrons. The SMILES string of the molecule is CNC(=O)C(CCC(=O)OC(C)(C)C)NC(=O)c1ccc(C)cc1. The number of rotatable bonds is 6. The highest BCUT2D eigenvalue weighted by Gasteiger charge is 2.23. The van der Waals surface area contributed by atoms with Crippen LogP contribution in [0.1, 0.15) is 49.5 Å². The molecule has 0 fully saturated rings. The van der Waals surface area contributed by atoms with Crippen molar-refractivity contribution in [2.75, 3.05) is 7.05 Å². The van der Waals surface area contributed by atoms with E-state index >= 15 is 0 Å². The van der Waals surface area contributed by atoms with E-state index in [1.165, 1.54) is 7.05 Å². The number of amides is 2. The Morgan fingerprint density at radius 1 is 1.12 bits per heavy atom. The monoisotopic (exact) mass is 334 g/mol. The molecule has 0 saturated heterocycles. The van der Waals surface area contributed by atoms with Gasteiger partial charge in [0.25, 0.3) is 5.91 Å². The van der Waals surface area contributed by atoms with Crippen LogP contribution in [0.2, 0.25) is 0 Å². The van der Waals surface area contributed by atoms with Gasteiger partial charge in [0.1, 0.15) is 11.6 Å². The summed E-state index contributed by atoms with van der Waals surface area (Å²) in [6.07, 6.45) is 0.218. The first kappa shape index (κ1) is 19.7. The lowest BCUT2D eigenvalue weighted by atomic mass is 10.1. The van der Waals surface area contributed by atoms with Crippen molar-refractivity contribution in [2.45, 2.75) is 52.2 Å². The molecule has 2 amide bonds. The second kappa shape index (κ2) is 8.47. The summed E-state index contributed by atoms with van der Waals surface area (Å²) in [5, 5.41) is 5.16. The molecule has 0 heterocycles. The maximum Gasteiger partial charge on any atom is 0.306 e. The van der Waals surface area contributed by atoms with Gasteiger partial charge in [-0.15, -0.1) is 0 Å². The van der Waals surface area contributed by atoms with E-state index in [0.29, 0.717) is 5.56 Å². The lowest BCUT2D eigenvalue weighted by Crippen LogP contribution is -2.46. The zero-order valence-electron chi connectivity index (χ0n) is 14.9. The predicted octanol–water partition coefficient (Wildman–Crippen LogP) is 1.96. The van der Waals surface area contributed by atoms with Crippen molar-refractivity contribution in [3.8, 4) is 0 Å². The molecular weight excluding hydrogens is 308 g/mol. The van der Waals surface area contributed by atoms with E-state index in [1.807, 2.05) is 19.1 Å². The molecule has 1 aromatic carbocycles. The Balaban J connectivity index is 2.68. The smallest absolute Gasteiger partial charge is 0.306 e. The third-order valence-electron chi connectivity index (χ3n) is 3.24. The molecule has 6 heteroatoms. The zero-order valence-corrected chi connectivity index (χ0v) is 14.9. The average Bonchev–Trinajstić information content (AvgIpc) is 2.49. The van der Waals surface area contributed by atoms with Gasteiger partial charge >= 0.3 is 5.97 Å². The number of hydrogen-bond acceptors (Lipinski definition) is 4. The van der Waals surface area contributed by atoms with Crippen molar-refractivity contribution < 1.29 is 19.1 Å². The molecule has 1 atom stereocenters. The van der Waals surface area contributed by atoms with Gasteiger partial charge in [-0.1, -0.05) is 17.7 Å². The van der Waals surface area contributed by atoms with E-state index in [4.69, 9.17) is 4.74 Å². The fourth-order valence-electron chi connectivity index (χ4n) is 2.04. The maximum absolute atomic E-state index is 12.3. The summed E-state index contributed by atoms with van der Waals surface area (Å²) in [5.74, 6) is -1.10. The van der Waals surface area contributed by atoms with Crippen molar-refractivity contribution in [1.82, 2.24) is 10.6 Å². The van der Waals surface area contributed by atoms with Crippen LogP contribution in [-0.2, 0) is 14.3 Å². The van der Waals surface area contributed by atoms with Crippen LogP contribution < -0.4 is 10.6 Å². The Hall–Kier alpha value is -2.37. The Labute approximate surface area is 143 Å². The Kier molecular flexibility index (Phi) is 6.95. The molecule has 0 saturated carbocycles. The fourth-order valence-corrected chi connectivity index (χ4v) is 2.04. The van der Waals surface area contributed by atoms with Gasteiger partial charge in [0.15, 0.2) is 0 Å². The molecule has 0 radical (unpaired) electrons. The summed E-state index contributed by atoms with van der Waals surface area (Å²) in [6.45, 7) is 7.26. The van der Waals surface area contributed by atoms with Crippen molar-refractivity contribution in [2.24, 2.45) is 0 Å². The van der Waals surface area contributed by atoms with Crippen LogP contribution in [0.5, 0.6) is 0 Å². The van der Waals surface area contributed by atoms with Gasteiger partial charge in [-0.25, -0.2) is 0 Å². The number of nitrogens with one attached hydrogen (secondary N) is 2. The zero-order chi connectivity index (χ0) is 18.3. The van der Waals surface area contributed by atoms with Crippen molar-refractivity contribution in [1.29, 1.82) is 0 Å². The van der Waals surface area contributed by atoms with Gasteiger partial charge in [0, 0.05) is 19.0 Å². The number of carbonyl (C=O) groups excluding carboxylic acids is 3.